The number of anilines is 1. The van der Waals surface area contributed by atoms with Crippen LogP contribution in [0.1, 0.15) is 11.3 Å². The topological polar surface area (TPSA) is 52.6 Å². The third-order valence-electron chi connectivity index (χ3n) is 3.53. The van der Waals surface area contributed by atoms with Crippen LogP contribution in [0.15, 0.2) is 47.5 Å². The van der Waals surface area contributed by atoms with Crippen molar-refractivity contribution in [2.45, 2.75) is 13.0 Å². The van der Waals surface area contributed by atoms with Gasteiger partial charge in [0.05, 0.1) is 12.2 Å². The van der Waals surface area contributed by atoms with E-state index in [0.717, 1.165) is 30.0 Å². The molecule has 0 unspecified atom stereocenters. The number of guanidine groups is 1. The minimum absolute atomic E-state index is 0. The first-order valence-corrected chi connectivity index (χ1v) is 7.90. The van der Waals surface area contributed by atoms with Crippen LogP contribution in [0, 0.1) is 5.82 Å². The summed E-state index contributed by atoms with van der Waals surface area (Å²) in [5.41, 5.74) is 2.03. The van der Waals surface area contributed by atoms with Crippen LogP contribution in [0.3, 0.4) is 0 Å². The van der Waals surface area contributed by atoms with Gasteiger partial charge in [0.2, 0.25) is 0 Å². The fourth-order valence-corrected chi connectivity index (χ4v) is 2.19. The Morgan fingerprint density at radius 2 is 1.84 bits per heavy atom. The number of aromatic nitrogens is 1. The summed E-state index contributed by atoms with van der Waals surface area (Å²) in [6, 6.07) is 12.5. The fourth-order valence-electron chi connectivity index (χ4n) is 2.19. The summed E-state index contributed by atoms with van der Waals surface area (Å²) < 4.78 is 12.9. The highest BCUT2D eigenvalue weighted by Crippen LogP contribution is 2.07. The predicted molar refractivity (Wildman–Crippen MR) is 112 cm³/mol. The average Bonchev–Trinajstić information content (AvgIpc) is 2.59. The standard InChI is InChI=1S/C18H24FN5.HI/c1-20-18(21-12-11-14-7-9-15(19)10-8-14)22-13-16-5-4-6-17(23-16)24(2)3;/h4-10H,11-13H2,1-3H3,(H2,20,21,22);1H. The van der Waals surface area contributed by atoms with Crippen molar-refractivity contribution in [1.82, 2.24) is 15.6 Å². The third kappa shape index (κ3) is 7.25. The van der Waals surface area contributed by atoms with Gasteiger partial charge < -0.3 is 15.5 Å². The van der Waals surface area contributed by atoms with Gasteiger partial charge in [-0.05, 0) is 36.2 Å². The minimum Gasteiger partial charge on any atom is -0.363 e. The number of rotatable bonds is 6. The zero-order chi connectivity index (χ0) is 17.4. The van der Waals surface area contributed by atoms with E-state index in [4.69, 9.17) is 0 Å². The summed E-state index contributed by atoms with van der Waals surface area (Å²) in [6.07, 6.45) is 0.801. The van der Waals surface area contributed by atoms with E-state index >= 15 is 0 Å². The zero-order valence-electron chi connectivity index (χ0n) is 14.8. The molecule has 0 aliphatic rings. The summed E-state index contributed by atoms with van der Waals surface area (Å²) in [7, 11) is 5.67. The number of halogens is 2. The largest absolute Gasteiger partial charge is 0.363 e. The summed E-state index contributed by atoms with van der Waals surface area (Å²) >= 11 is 0. The van der Waals surface area contributed by atoms with Crippen LogP contribution in [-0.2, 0) is 13.0 Å². The molecule has 1 heterocycles. The van der Waals surface area contributed by atoms with Gasteiger partial charge in [0.25, 0.3) is 0 Å². The van der Waals surface area contributed by atoms with E-state index in [-0.39, 0.29) is 29.8 Å². The summed E-state index contributed by atoms with van der Waals surface area (Å²) in [5.74, 6) is 1.43. The van der Waals surface area contributed by atoms with Gasteiger partial charge in [0.15, 0.2) is 5.96 Å². The minimum atomic E-state index is -0.211. The van der Waals surface area contributed by atoms with Crippen molar-refractivity contribution in [3.05, 3.63) is 59.5 Å². The molecule has 0 saturated heterocycles. The molecule has 0 atom stereocenters. The maximum Gasteiger partial charge on any atom is 0.191 e. The highest BCUT2D eigenvalue weighted by Gasteiger charge is 2.02. The molecular weight excluding hydrogens is 432 g/mol. The molecule has 1 aromatic heterocycles. The normalized spacial score (nSPS) is 10.8. The number of hydrogen-bond donors (Lipinski definition) is 2. The highest BCUT2D eigenvalue weighted by molar-refractivity contribution is 14.0. The lowest BCUT2D eigenvalue weighted by atomic mass is 10.1. The SMILES string of the molecule is CN=C(NCCc1ccc(F)cc1)NCc1cccc(N(C)C)n1.I. The lowest BCUT2D eigenvalue weighted by Gasteiger charge is -2.14. The van der Waals surface area contributed by atoms with Crippen LogP contribution >= 0.6 is 24.0 Å². The number of pyridine rings is 1. The number of nitrogens with one attached hydrogen (secondary N) is 2. The number of benzene rings is 1. The second-order valence-corrected chi connectivity index (χ2v) is 5.61. The molecule has 0 aliphatic heterocycles. The van der Waals surface area contributed by atoms with E-state index in [0.29, 0.717) is 12.5 Å². The van der Waals surface area contributed by atoms with Crippen LogP contribution in [0.5, 0.6) is 0 Å². The van der Waals surface area contributed by atoms with E-state index in [2.05, 4.69) is 20.6 Å². The molecule has 0 aliphatic carbocycles. The zero-order valence-corrected chi connectivity index (χ0v) is 17.1. The Morgan fingerprint density at radius 3 is 2.48 bits per heavy atom. The molecule has 0 amide bonds. The number of nitrogens with zero attached hydrogens (tertiary/aromatic N) is 3. The van der Waals surface area contributed by atoms with Crippen LogP contribution in [0.25, 0.3) is 0 Å². The molecule has 0 spiro atoms. The van der Waals surface area contributed by atoms with Gasteiger partial charge in [0, 0.05) is 27.7 Å². The first-order valence-electron chi connectivity index (χ1n) is 7.90. The van der Waals surface area contributed by atoms with Crippen molar-refractivity contribution in [3.63, 3.8) is 0 Å². The molecule has 25 heavy (non-hydrogen) atoms. The average molecular weight is 457 g/mol. The Bertz CT molecular complexity index is 673. The van der Waals surface area contributed by atoms with E-state index < -0.39 is 0 Å². The van der Waals surface area contributed by atoms with E-state index in [1.165, 1.54) is 12.1 Å². The van der Waals surface area contributed by atoms with Gasteiger partial charge >= 0.3 is 0 Å². The quantitative estimate of drug-likeness (QED) is 0.398. The maximum atomic E-state index is 12.9. The van der Waals surface area contributed by atoms with Crippen molar-refractivity contribution in [1.29, 1.82) is 0 Å². The summed E-state index contributed by atoms with van der Waals surface area (Å²) in [6.45, 7) is 1.31. The molecule has 2 N–H and O–H groups in total. The predicted octanol–water partition coefficient (Wildman–Crippen LogP) is 2.81. The Kier molecular flexibility index (Phi) is 9.18. The Morgan fingerprint density at radius 1 is 1.12 bits per heavy atom. The second-order valence-electron chi connectivity index (χ2n) is 5.61. The van der Waals surface area contributed by atoms with Crippen molar-refractivity contribution < 1.29 is 4.39 Å². The Hall–Kier alpha value is -1.90. The molecule has 2 rings (SSSR count). The van der Waals surface area contributed by atoms with Crippen LogP contribution in [0.4, 0.5) is 10.2 Å². The third-order valence-corrected chi connectivity index (χ3v) is 3.53. The van der Waals surface area contributed by atoms with Crippen molar-refractivity contribution in [2.24, 2.45) is 4.99 Å². The first kappa shape index (κ1) is 21.1. The Labute approximate surface area is 165 Å². The summed E-state index contributed by atoms with van der Waals surface area (Å²) in [5, 5.41) is 6.49. The van der Waals surface area contributed by atoms with E-state index in [9.17, 15) is 4.39 Å². The highest BCUT2D eigenvalue weighted by atomic mass is 127. The lowest BCUT2D eigenvalue weighted by Crippen LogP contribution is -2.38. The molecule has 0 radical (unpaired) electrons. The smallest absolute Gasteiger partial charge is 0.191 e. The van der Waals surface area contributed by atoms with Gasteiger partial charge in [-0.1, -0.05) is 18.2 Å². The van der Waals surface area contributed by atoms with Crippen molar-refractivity contribution >= 4 is 35.8 Å². The first-order chi connectivity index (χ1) is 11.6. The molecule has 0 saturated carbocycles. The molecule has 0 bridgehead atoms. The molecule has 0 fully saturated rings. The lowest BCUT2D eigenvalue weighted by molar-refractivity contribution is 0.626. The second kappa shape index (κ2) is 10.9. The molecule has 7 heteroatoms. The molecule has 136 valence electrons. The van der Waals surface area contributed by atoms with Gasteiger partial charge in [-0.2, -0.15) is 0 Å². The van der Waals surface area contributed by atoms with Gasteiger partial charge in [-0.15, -0.1) is 24.0 Å². The molecule has 5 nitrogen and oxygen atoms in total. The van der Waals surface area contributed by atoms with Crippen LogP contribution in [0.2, 0.25) is 0 Å². The summed E-state index contributed by atoms with van der Waals surface area (Å²) in [4.78, 5) is 10.7. The molecule has 2 aromatic rings. The number of aliphatic imine (C=N–C) groups is 1. The van der Waals surface area contributed by atoms with Crippen molar-refractivity contribution in [3.8, 4) is 0 Å². The van der Waals surface area contributed by atoms with Crippen molar-refractivity contribution in [2.75, 3.05) is 32.6 Å². The van der Waals surface area contributed by atoms with Gasteiger partial charge in [-0.25, -0.2) is 9.37 Å². The molecule has 1 aromatic carbocycles. The maximum absolute atomic E-state index is 12.9. The van der Waals surface area contributed by atoms with Gasteiger partial charge in [0.1, 0.15) is 11.6 Å². The van der Waals surface area contributed by atoms with Crippen LogP contribution in [-0.4, -0.2) is 38.6 Å². The van der Waals surface area contributed by atoms with E-state index in [1.54, 1.807) is 19.2 Å². The van der Waals surface area contributed by atoms with Crippen LogP contribution < -0.4 is 15.5 Å². The molecular formula is C18H25FIN5. The van der Waals surface area contributed by atoms with Gasteiger partial charge in [-0.3, -0.25) is 4.99 Å². The fraction of sp³-hybridized carbons (Fsp3) is 0.333. The van der Waals surface area contributed by atoms with E-state index in [1.807, 2.05) is 37.2 Å². The number of hydrogen-bond acceptors (Lipinski definition) is 3. The monoisotopic (exact) mass is 457 g/mol. The Balaban J connectivity index is 0.00000312.